The monoisotopic (exact) mass is 572 g/mol. The number of unbranched alkanes of at least 4 members (excludes halogenated alkanes) is 2. The number of hydrogen-bond donors (Lipinski definition) is 0. The molecule has 0 bridgehead atoms. The summed E-state index contributed by atoms with van der Waals surface area (Å²) < 4.78 is 192. The molecule has 0 fully saturated rings. The van der Waals surface area contributed by atoms with Gasteiger partial charge in [0, 0.05) is 10.7 Å². The molecule has 0 aliphatic heterocycles. The lowest BCUT2D eigenvalue weighted by atomic mass is 9.75. The zero-order chi connectivity index (χ0) is 27.4. The van der Waals surface area contributed by atoms with Gasteiger partial charge in [-0.05, 0) is 38.5 Å². The van der Waals surface area contributed by atoms with Crippen LogP contribution in [0.5, 0.6) is 0 Å². The van der Waals surface area contributed by atoms with Crippen LogP contribution >= 0.6 is 10.7 Å². The van der Waals surface area contributed by atoms with Crippen molar-refractivity contribution in [1.82, 2.24) is 0 Å². The van der Waals surface area contributed by atoms with Gasteiger partial charge in [-0.2, -0.15) is 52.7 Å². The maximum absolute atomic E-state index is 14.3. The average molecular weight is 573 g/mol. The molecular formula is C17H22ClF13O2S. The third-order valence-corrected chi connectivity index (χ3v) is 6.63. The molecule has 0 spiro atoms. The van der Waals surface area contributed by atoms with E-state index in [2.05, 4.69) is 0 Å². The highest BCUT2D eigenvalue weighted by Crippen LogP contribution is 2.55. The van der Waals surface area contributed by atoms with Crippen molar-refractivity contribution in [2.24, 2.45) is 11.3 Å². The molecule has 0 aliphatic rings. The van der Waals surface area contributed by atoms with E-state index in [-0.39, 0.29) is 26.2 Å². The van der Waals surface area contributed by atoms with Gasteiger partial charge in [0.1, 0.15) is 0 Å². The molecule has 0 radical (unpaired) electrons. The largest absolute Gasteiger partial charge is 0.422 e. The minimum atomic E-state index is -6.08. The van der Waals surface area contributed by atoms with Gasteiger partial charge >= 0.3 is 24.7 Å². The lowest BCUT2D eigenvalue weighted by Gasteiger charge is -2.37. The molecule has 2 unspecified atom stereocenters. The highest BCUT2D eigenvalue weighted by Gasteiger charge is 2.67. The summed E-state index contributed by atoms with van der Waals surface area (Å²) in [5.74, 6) is -2.51. The van der Waals surface area contributed by atoms with Crippen LogP contribution in [0, 0.1) is 11.3 Å². The first-order valence-electron chi connectivity index (χ1n) is 9.62. The smallest absolute Gasteiger partial charge is 0.233 e. The molecule has 0 saturated heterocycles. The second kappa shape index (κ2) is 11.2. The van der Waals surface area contributed by atoms with E-state index in [0.717, 1.165) is 0 Å². The summed E-state index contributed by atoms with van der Waals surface area (Å²) in [5, 5.41) is 0. The minimum Gasteiger partial charge on any atom is -0.233 e. The van der Waals surface area contributed by atoms with E-state index in [1.807, 2.05) is 0 Å². The third kappa shape index (κ3) is 10.5. The maximum Gasteiger partial charge on any atom is 0.422 e. The van der Waals surface area contributed by atoms with Crippen molar-refractivity contribution < 1.29 is 65.5 Å². The van der Waals surface area contributed by atoms with Crippen molar-refractivity contribution in [3.05, 3.63) is 0 Å². The van der Waals surface area contributed by atoms with Crippen molar-refractivity contribution in [2.45, 2.75) is 88.7 Å². The Morgan fingerprint density at radius 2 is 1.18 bits per heavy atom. The Labute approximate surface area is 191 Å². The third-order valence-electron chi connectivity index (χ3n) is 5.39. The topological polar surface area (TPSA) is 34.1 Å². The first kappa shape index (κ1) is 33.3. The van der Waals surface area contributed by atoms with Gasteiger partial charge in [0.2, 0.25) is 14.7 Å². The number of alkyl halides is 13. The van der Waals surface area contributed by atoms with Gasteiger partial charge < -0.3 is 0 Å². The van der Waals surface area contributed by atoms with Crippen LogP contribution in [-0.2, 0) is 9.05 Å². The molecular weight excluding hydrogens is 551 g/mol. The van der Waals surface area contributed by atoms with Crippen LogP contribution in [0.1, 0.15) is 58.3 Å². The molecule has 0 rings (SSSR count). The van der Waals surface area contributed by atoms with E-state index in [9.17, 15) is 65.5 Å². The van der Waals surface area contributed by atoms with Crippen LogP contribution in [0.15, 0.2) is 0 Å². The zero-order valence-electron chi connectivity index (χ0n) is 17.5. The lowest BCUT2D eigenvalue weighted by Crippen LogP contribution is -2.49. The second-order valence-electron chi connectivity index (χ2n) is 8.28. The maximum atomic E-state index is 14.3. The summed E-state index contributed by atoms with van der Waals surface area (Å²) in [5.41, 5.74) is -9.34. The molecule has 0 aromatic carbocycles. The van der Waals surface area contributed by atoms with Gasteiger partial charge in [0.25, 0.3) is 0 Å². The number of hydrogen-bond acceptors (Lipinski definition) is 2. The Hall–Kier alpha value is -0.670. The summed E-state index contributed by atoms with van der Waals surface area (Å²) in [6.07, 6.45) is -33.1. The standard InChI is InChI=1S/C17H22ClF13O2S/c1-12(15(23,24)25,16(26,27)28)9-11(5-3-2-4-8-34(18,32)33)6-7-13(19,17(29,30)31)10-14(20,21)22/h11H,2-10H2,1H3. The molecule has 17 heteroatoms. The van der Waals surface area contributed by atoms with Gasteiger partial charge in [0.15, 0.2) is 5.41 Å². The molecule has 0 N–H and O–H groups in total. The number of halogens is 14. The molecule has 0 aromatic rings. The second-order valence-corrected chi connectivity index (χ2v) is 11.2. The molecule has 0 amide bonds. The van der Waals surface area contributed by atoms with E-state index in [4.69, 9.17) is 10.7 Å². The summed E-state index contributed by atoms with van der Waals surface area (Å²) in [4.78, 5) is 0. The molecule has 0 saturated carbocycles. The van der Waals surface area contributed by atoms with E-state index < -0.39 is 88.6 Å². The normalized spacial score (nSPS) is 17.5. The van der Waals surface area contributed by atoms with Crippen molar-refractivity contribution in [3.8, 4) is 0 Å². The van der Waals surface area contributed by atoms with Crippen molar-refractivity contribution in [1.29, 1.82) is 0 Å². The fourth-order valence-electron chi connectivity index (χ4n) is 3.28. The molecule has 0 aromatic heterocycles. The fraction of sp³-hybridized carbons (Fsp3) is 1.00. The van der Waals surface area contributed by atoms with Gasteiger partial charge in [0.05, 0.1) is 12.2 Å². The predicted octanol–water partition coefficient (Wildman–Crippen LogP) is 8.26. The first-order valence-corrected chi connectivity index (χ1v) is 12.1. The van der Waals surface area contributed by atoms with Gasteiger partial charge in [-0.1, -0.05) is 19.3 Å². The summed E-state index contributed by atoms with van der Waals surface area (Å²) >= 11 is 0. The van der Waals surface area contributed by atoms with Crippen LogP contribution in [0.2, 0.25) is 0 Å². The highest BCUT2D eigenvalue weighted by atomic mass is 35.7. The Balaban J connectivity index is 5.79. The van der Waals surface area contributed by atoms with Crippen LogP contribution in [0.3, 0.4) is 0 Å². The van der Waals surface area contributed by atoms with Crippen LogP contribution < -0.4 is 0 Å². The summed E-state index contributed by atoms with van der Waals surface area (Å²) in [6.45, 7) is -0.248. The van der Waals surface area contributed by atoms with Gasteiger partial charge in [-0.25, -0.2) is 12.8 Å². The molecule has 0 heterocycles. The van der Waals surface area contributed by atoms with Crippen molar-refractivity contribution >= 4 is 19.7 Å². The van der Waals surface area contributed by atoms with Crippen molar-refractivity contribution in [2.75, 3.05) is 5.75 Å². The Kier molecular flexibility index (Phi) is 10.9. The van der Waals surface area contributed by atoms with E-state index in [0.29, 0.717) is 0 Å². The molecule has 0 aliphatic carbocycles. The lowest BCUT2D eigenvalue weighted by molar-refractivity contribution is -0.340. The molecule has 206 valence electrons. The quantitative estimate of drug-likeness (QED) is 0.134. The highest BCUT2D eigenvalue weighted by molar-refractivity contribution is 8.13. The summed E-state index contributed by atoms with van der Waals surface area (Å²) in [7, 11) is 0.978. The molecule has 34 heavy (non-hydrogen) atoms. The number of rotatable bonds is 12. The summed E-state index contributed by atoms with van der Waals surface area (Å²) in [6, 6.07) is 0. The Morgan fingerprint density at radius 3 is 1.53 bits per heavy atom. The van der Waals surface area contributed by atoms with E-state index in [1.165, 1.54) is 0 Å². The predicted molar refractivity (Wildman–Crippen MR) is 96.2 cm³/mol. The van der Waals surface area contributed by atoms with E-state index in [1.54, 1.807) is 0 Å². The van der Waals surface area contributed by atoms with E-state index >= 15 is 0 Å². The Morgan fingerprint density at radius 1 is 0.706 bits per heavy atom. The fourth-order valence-corrected chi connectivity index (χ4v) is 4.16. The zero-order valence-corrected chi connectivity index (χ0v) is 19.0. The van der Waals surface area contributed by atoms with Crippen LogP contribution in [0.4, 0.5) is 57.1 Å². The van der Waals surface area contributed by atoms with Crippen LogP contribution in [0.25, 0.3) is 0 Å². The molecule has 2 atom stereocenters. The first-order chi connectivity index (χ1) is 14.7. The van der Waals surface area contributed by atoms with Crippen LogP contribution in [-0.4, -0.2) is 44.5 Å². The van der Waals surface area contributed by atoms with Crippen molar-refractivity contribution in [3.63, 3.8) is 0 Å². The average Bonchev–Trinajstić information content (AvgIpc) is 2.53. The van der Waals surface area contributed by atoms with Gasteiger partial charge in [-0.3, -0.25) is 0 Å². The molecule has 2 nitrogen and oxygen atoms in total. The van der Waals surface area contributed by atoms with Gasteiger partial charge in [-0.15, -0.1) is 0 Å². The Bertz CT molecular complexity index is 726. The minimum absolute atomic E-state index is 0.125. The SMILES string of the molecule is CC(CC(CCCCCS(=O)(=O)Cl)CCC(F)(CC(F)(F)F)C(F)(F)F)(C(F)(F)F)C(F)(F)F.